The molecular weight excluding hydrogens is 280 g/mol. The lowest BCUT2D eigenvalue weighted by atomic mass is 10.0. The number of ether oxygens (including phenoxy) is 1. The predicted molar refractivity (Wildman–Crippen MR) is 73.4 cm³/mol. The Morgan fingerprint density at radius 3 is 2.81 bits per heavy atom. The zero-order valence-electron chi connectivity index (χ0n) is 12.1. The van der Waals surface area contributed by atoms with Crippen molar-refractivity contribution >= 4 is 17.5 Å². The van der Waals surface area contributed by atoms with E-state index in [0.717, 1.165) is 0 Å². The number of aromatic nitrogens is 2. The van der Waals surface area contributed by atoms with Crippen molar-refractivity contribution in [2.24, 2.45) is 13.0 Å². The van der Waals surface area contributed by atoms with Gasteiger partial charge in [0.2, 0.25) is 5.82 Å². The summed E-state index contributed by atoms with van der Waals surface area (Å²) in [6.45, 7) is 4.16. The number of likely N-dealkylation sites (N-methyl/N-ethyl adjacent to an activating group) is 1. The van der Waals surface area contributed by atoms with Crippen molar-refractivity contribution in [1.29, 1.82) is 0 Å². The van der Waals surface area contributed by atoms with Gasteiger partial charge in [0.25, 0.3) is 0 Å². The molecule has 0 amide bonds. The minimum atomic E-state index is -0.961. The molecule has 0 bridgehead atoms. The first-order valence-corrected chi connectivity index (χ1v) is 6.63. The van der Waals surface area contributed by atoms with Crippen LogP contribution in [0.4, 0.5) is 11.5 Å². The van der Waals surface area contributed by atoms with Crippen molar-refractivity contribution in [3.8, 4) is 0 Å². The Labute approximate surface area is 121 Å². The van der Waals surface area contributed by atoms with Crippen molar-refractivity contribution in [2.45, 2.75) is 19.9 Å². The maximum Gasteiger partial charge on any atom is 0.333 e. The second-order valence-corrected chi connectivity index (χ2v) is 4.97. The zero-order chi connectivity index (χ0) is 15.7. The highest BCUT2D eigenvalue weighted by Crippen LogP contribution is 2.34. The molecule has 9 nitrogen and oxygen atoms in total. The molecule has 1 aromatic heterocycles. The lowest BCUT2D eigenvalue weighted by Crippen LogP contribution is -2.44. The first-order chi connectivity index (χ1) is 9.88. The normalized spacial score (nSPS) is 21.5. The molecule has 0 aliphatic carbocycles. The molecule has 1 saturated heterocycles. The van der Waals surface area contributed by atoms with E-state index in [1.54, 1.807) is 18.9 Å². The Bertz CT molecular complexity index is 570. The summed E-state index contributed by atoms with van der Waals surface area (Å²) in [7, 11) is 1.61. The van der Waals surface area contributed by atoms with Crippen molar-refractivity contribution in [2.75, 3.05) is 24.7 Å². The molecule has 1 aliphatic heterocycles. The lowest BCUT2D eigenvalue weighted by molar-refractivity contribution is -0.384. The summed E-state index contributed by atoms with van der Waals surface area (Å²) in [6, 6.07) is -0.444. The largest absolute Gasteiger partial charge is 0.481 e. The zero-order valence-corrected chi connectivity index (χ0v) is 12.1. The van der Waals surface area contributed by atoms with E-state index in [9.17, 15) is 20.0 Å². The quantitative estimate of drug-likeness (QED) is 0.624. The number of nitrogens with zero attached hydrogens (tertiary/aromatic N) is 4. The van der Waals surface area contributed by atoms with E-state index < -0.39 is 22.9 Å². The number of hydrogen-bond acceptors (Lipinski definition) is 6. The molecule has 9 heteroatoms. The summed E-state index contributed by atoms with van der Waals surface area (Å²) in [4.78, 5) is 23.8. The summed E-state index contributed by atoms with van der Waals surface area (Å²) < 4.78 is 6.69. The van der Waals surface area contributed by atoms with Gasteiger partial charge < -0.3 is 14.7 Å². The number of rotatable bonds is 5. The highest BCUT2D eigenvalue weighted by molar-refractivity contribution is 5.73. The van der Waals surface area contributed by atoms with E-state index in [4.69, 9.17) is 4.74 Å². The molecule has 0 radical (unpaired) electrons. The number of carboxylic acid groups (broad SMARTS) is 1. The number of carboxylic acids is 1. The number of aryl methyl sites for hydroxylation is 2. The summed E-state index contributed by atoms with van der Waals surface area (Å²) in [5, 5.41) is 24.6. The third-order valence-electron chi connectivity index (χ3n) is 3.72. The van der Waals surface area contributed by atoms with Gasteiger partial charge in [-0.1, -0.05) is 0 Å². The Kier molecular flexibility index (Phi) is 4.12. The molecular formula is C12H18N4O5. The molecule has 0 saturated carbocycles. The molecule has 1 N–H and O–H groups in total. The average molecular weight is 298 g/mol. The fourth-order valence-corrected chi connectivity index (χ4v) is 2.80. The molecule has 2 unspecified atom stereocenters. The van der Waals surface area contributed by atoms with Crippen molar-refractivity contribution in [3.63, 3.8) is 0 Å². The molecule has 1 aliphatic rings. The van der Waals surface area contributed by atoms with Crippen LogP contribution in [0.15, 0.2) is 0 Å². The fourth-order valence-electron chi connectivity index (χ4n) is 2.80. The van der Waals surface area contributed by atoms with Crippen LogP contribution in [0.3, 0.4) is 0 Å². The first kappa shape index (κ1) is 15.2. The van der Waals surface area contributed by atoms with E-state index >= 15 is 0 Å². The summed E-state index contributed by atoms with van der Waals surface area (Å²) in [5.74, 6) is -1.35. The first-order valence-electron chi connectivity index (χ1n) is 6.63. The van der Waals surface area contributed by atoms with Crippen LogP contribution >= 0.6 is 0 Å². The van der Waals surface area contributed by atoms with Crippen LogP contribution in [-0.4, -0.2) is 51.6 Å². The Balaban J connectivity index is 2.47. The van der Waals surface area contributed by atoms with Gasteiger partial charge in [0.15, 0.2) is 0 Å². The van der Waals surface area contributed by atoms with Crippen molar-refractivity contribution in [1.82, 2.24) is 9.78 Å². The summed E-state index contributed by atoms with van der Waals surface area (Å²) in [6.07, 6.45) is 0. The van der Waals surface area contributed by atoms with Crippen LogP contribution in [0, 0.1) is 23.0 Å². The van der Waals surface area contributed by atoms with Crippen LogP contribution in [0.2, 0.25) is 0 Å². The number of carbonyl (C=O) groups is 1. The Hall–Kier alpha value is -2.16. The van der Waals surface area contributed by atoms with Crippen LogP contribution in [0.25, 0.3) is 0 Å². The molecule has 21 heavy (non-hydrogen) atoms. The average Bonchev–Trinajstić information content (AvgIpc) is 2.96. The molecule has 0 spiro atoms. The number of hydrogen-bond donors (Lipinski definition) is 1. The maximum absolute atomic E-state index is 11.3. The van der Waals surface area contributed by atoms with E-state index in [1.165, 1.54) is 4.68 Å². The lowest BCUT2D eigenvalue weighted by Gasteiger charge is -2.30. The topological polar surface area (TPSA) is 111 Å². The van der Waals surface area contributed by atoms with Crippen LogP contribution in [0.1, 0.15) is 12.6 Å². The van der Waals surface area contributed by atoms with E-state index in [2.05, 4.69) is 5.10 Å². The Morgan fingerprint density at radius 2 is 2.29 bits per heavy atom. The van der Waals surface area contributed by atoms with Gasteiger partial charge in [0, 0.05) is 13.6 Å². The second kappa shape index (κ2) is 5.68. The second-order valence-electron chi connectivity index (χ2n) is 4.97. The SMILES string of the molecule is CCN(c1c([N+](=O)[O-])c(C)nn1C)C1COCC1C(=O)O. The van der Waals surface area contributed by atoms with Crippen molar-refractivity contribution in [3.05, 3.63) is 15.8 Å². The summed E-state index contributed by atoms with van der Waals surface area (Å²) >= 11 is 0. The highest BCUT2D eigenvalue weighted by atomic mass is 16.6. The minimum absolute atomic E-state index is 0.0876. The molecule has 0 aromatic carbocycles. The molecule has 2 atom stereocenters. The molecule has 2 heterocycles. The third-order valence-corrected chi connectivity index (χ3v) is 3.72. The van der Waals surface area contributed by atoms with E-state index in [-0.39, 0.29) is 18.9 Å². The monoisotopic (exact) mass is 298 g/mol. The van der Waals surface area contributed by atoms with Gasteiger partial charge in [-0.3, -0.25) is 14.9 Å². The van der Waals surface area contributed by atoms with Crippen molar-refractivity contribution < 1.29 is 19.6 Å². The number of nitro groups is 1. The minimum Gasteiger partial charge on any atom is -0.481 e. The Morgan fingerprint density at radius 1 is 1.62 bits per heavy atom. The van der Waals surface area contributed by atoms with Gasteiger partial charge >= 0.3 is 11.7 Å². The highest BCUT2D eigenvalue weighted by Gasteiger charge is 2.41. The fraction of sp³-hybridized carbons (Fsp3) is 0.667. The van der Waals surface area contributed by atoms with Gasteiger partial charge in [-0.2, -0.15) is 5.10 Å². The van der Waals surface area contributed by atoms with Gasteiger partial charge in [0.1, 0.15) is 11.6 Å². The van der Waals surface area contributed by atoms with Gasteiger partial charge in [-0.05, 0) is 13.8 Å². The van der Waals surface area contributed by atoms with E-state index in [0.29, 0.717) is 18.1 Å². The van der Waals surface area contributed by atoms with Crippen LogP contribution < -0.4 is 4.90 Å². The van der Waals surface area contributed by atoms with Gasteiger partial charge in [-0.25, -0.2) is 4.68 Å². The molecule has 116 valence electrons. The standard InChI is InChI=1S/C12H18N4O5/c1-4-15(9-6-21-5-8(9)12(17)18)11-10(16(19)20)7(2)13-14(11)3/h8-9H,4-6H2,1-3H3,(H,17,18). The molecule has 1 fully saturated rings. The van der Waals surface area contributed by atoms with Crippen LogP contribution in [0.5, 0.6) is 0 Å². The smallest absolute Gasteiger partial charge is 0.333 e. The number of aliphatic carboxylic acids is 1. The van der Waals surface area contributed by atoms with Crippen LogP contribution in [-0.2, 0) is 16.6 Å². The van der Waals surface area contributed by atoms with E-state index in [1.807, 2.05) is 6.92 Å². The van der Waals surface area contributed by atoms with Gasteiger partial charge in [-0.15, -0.1) is 0 Å². The predicted octanol–water partition coefficient (Wildman–Crippen LogP) is 0.563. The number of anilines is 1. The molecule has 2 rings (SSSR count). The van der Waals surface area contributed by atoms with Gasteiger partial charge in [0.05, 0.1) is 24.2 Å². The third kappa shape index (κ3) is 2.56. The molecule has 1 aromatic rings. The maximum atomic E-state index is 11.3. The summed E-state index contributed by atoms with van der Waals surface area (Å²) in [5.41, 5.74) is 0.220.